The number of aromatic nitrogens is 3. The number of Topliss-reactive ketones (excluding diaryl/α,β-unsaturated/α-hetero) is 1. The van der Waals surface area contributed by atoms with Gasteiger partial charge >= 0.3 is 5.97 Å². The summed E-state index contributed by atoms with van der Waals surface area (Å²) < 4.78 is 9.19. The third kappa shape index (κ3) is 2.73. The maximum Gasteiger partial charge on any atom is 0.340 e. The van der Waals surface area contributed by atoms with Crippen molar-refractivity contribution in [3.05, 3.63) is 46.7 Å². The van der Waals surface area contributed by atoms with Crippen molar-refractivity contribution in [2.24, 2.45) is 0 Å². The van der Waals surface area contributed by atoms with Crippen molar-refractivity contribution in [3.8, 4) is 0 Å². The van der Waals surface area contributed by atoms with Gasteiger partial charge in [-0.3, -0.25) is 14.4 Å². The Morgan fingerprint density at radius 3 is 2.95 bits per heavy atom. The lowest BCUT2D eigenvalue weighted by Crippen LogP contribution is -2.31. The lowest BCUT2D eigenvalue weighted by atomic mass is 10.2. The van der Waals surface area contributed by atoms with Crippen molar-refractivity contribution < 1.29 is 23.9 Å². The summed E-state index contributed by atoms with van der Waals surface area (Å²) in [5.74, 6) is -1.16. The minimum Gasteiger partial charge on any atom is -0.453 e. The molecule has 2 aromatic rings. The predicted molar refractivity (Wildman–Crippen MR) is 58.8 cm³/mol. The predicted octanol–water partition coefficient (Wildman–Crippen LogP) is 0.263. The van der Waals surface area contributed by atoms with E-state index < -0.39 is 11.8 Å². The molecule has 0 atom stereocenters. The van der Waals surface area contributed by atoms with Gasteiger partial charge in [-0.2, -0.15) is 0 Å². The second-order valence-electron chi connectivity index (χ2n) is 3.60. The van der Waals surface area contributed by atoms with E-state index in [0.717, 1.165) is 0 Å². The summed E-state index contributed by atoms with van der Waals surface area (Å²) in [7, 11) is 0. The molecule has 2 aromatic heterocycles. The molecule has 0 aromatic carbocycles. The Bertz CT molecular complexity index is 608. The van der Waals surface area contributed by atoms with Gasteiger partial charge in [0, 0.05) is 24.5 Å². The average Bonchev–Trinajstić information content (AvgIpc) is 2.78. The van der Waals surface area contributed by atoms with Crippen LogP contribution in [0.3, 0.4) is 0 Å². The third-order valence-corrected chi connectivity index (χ3v) is 2.25. The molecule has 0 aliphatic rings. The molecule has 0 radical (unpaired) electrons. The summed E-state index contributed by atoms with van der Waals surface area (Å²) in [5, 5.41) is 14.5. The molecule has 8 nitrogen and oxygen atoms in total. The number of carbonyl (C=O) groups is 2. The summed E-state index contributed by atoms with van der Waals surface area (Å²) in [5.41, 5.74) is -0.0518. The summed E-state index contributed by atoms with van der Waals surface area (Å²) in [4.78, 5) is 26.6. The zero-order valence-corrected chi connectivity index (χ0v) is 9.90. The summed E-state index contributed by atoms with van der Waals surface area (Å²) in [6, 6.07) is 3.11. The zero-order valence-electron chi connectivity index (χ0n) is 9.90. The van der Waals surface area contributed by atoms with Gasteiger partial charge in [0.1, 0.15) is 0 Å². The van der Waals surface area contributed by atoms with Gasteiger partial charge in [0.2, 0.25) is 5.78 Å². The van der Waals surface area contributed by atoms with Crippen LogP contribution in [0.4, 0.5) is 0 Å². The number of ketones is 1. The molecule has 0 aliphatic carbocycles. The Labute approximate surface area is 107 Å². The van der Waals surface area contributed by atoms with E-state index in [9.17, 15) is 14.8 Å². The van der Waals surface area contributed by atoms with Gasteiger partial charge in [-0.25, -0.2) is 4.79 Å². The Kier molecular flexibility index (Phi) is 3.51. The maximum atomic E-state index is 11.6. The van der Waals surface area contributed by atoms with Gasteiger partial charge in [-0.05, 0) is 17.0 Å². The first-order valence-corrected chi connectivity index (χ1v) is 5.26. The second-order valence-corrected chi connectivity index (χ2v) is 3.60. The van der Waals surface area contributed by atoms with Crippen LogP contribution in [0.2, 0.25) is 0 Å². The fourth-order valence-corrected chi connectivity index (χ4v) is 1.40. The molecule has 0 aliphatic heterocycles. The Hall–Kier alpha value is -2.77. The minimum atomic E-state index is -0.636. The summed E-state index contributed by atoms with van der Waals surface area (Å²) >= 11 is 0. The van der Waals surface area contributed by atoms with E-state index in [4.69, 9.17) is 4.74 Å². The van der Waals surface area contributed by atoms with Crippen molar-refractivity contribution in [2.75, 3.05) is 0 Å². The van der Waals surface area contributed by atoms with Crippen molar-refractivity contribution >= 4 is 11.8 Å². The highest BCUT2D eigenvalue weighted by Crippen LogP contribution is 2.06. The Morgan fingerprint density at radius 2 is 2.32 bits per heavy atom. The molecule has 0 spiro atoms. The van der Waals surface area contributed by atoms with Crippen LogP contribution < -0.4 is 4.90 Å². The molecular weight excluding hydrogens is 254 g/mol. The fraction of sp³-hybridized carbons (Fsp3) is 0.182. The van der Waals surface area contributed by atoms with E-state index in [0.29, 0.717) is 0 Å². The number of hydrogen-bond donors (Lipinski definition) is 0. The highest BCUT2D eigenvalue weighted by molar-refractivity contribution is 5.92. The SMILES string of the molecule is CC(=O)c1c(COC(=O)c2cccnc2)no[n+]1[O-]. The summed E-state index contributed by atoms with van der Waals surface area (Å²) in [6.07, 6.45) is 2.85. The van der Waals surface area contributed by atoms with E-state index in [1.54, 1.807) is 6.07 Å². The molecule has 2 rings (SSSR count). The lowest BCUT2D eigenvalue weighted by molar-refractivity contribution is -0.803. The van der Waals surface area contributed by atoms with Crippen molar-refractivity contribution in [1.29, 1.82) is 0 Å². The fourth-order valence-electron chi connectivity index (χ4n) is 1.40. The van der Waals surface area contributed by atoms with Gasteiger partial charge < -0.3 is 9.94 Å². The first-order chi connectivity index (χ1) is 9.09. The lowest BCUT2D eigenvalue weighted by Gasteiger charge is -2.00. The number of esters is 1. The smallest absolute Gasteiger partial charge is 0.340 e. The highest BCUT2D eigenvalue weighted by Gasteiger charge is 2.24. The van der Waals surface area contributed by atoms with Gasteiger partial charge in [-0.15, -0.1) is 0 Å². The highest BCUT2D eigenvalue weighted by atomic mass is 16.8. The minimum absolute atomic E-state index is 0.0183. The number of ether oxygens (including phenoxy) is 1. The molecular formula is C11H9N3O5. The molecule has 8 heteroatoms. The van der Waals surface area contributed by atoms with E-state index in [2.05, 4.69) is 14.8 Å². The topological polar surface area (TPSA) is 109 Å². The molecule has 0 bridgehead atoms. The van der Waals surface area contributed by atoms with Gasteiger partial charge in [0.25, 0.3) is 11.4 Å². The quantitative estimate of drug-likeness (QED) is 0.442. The van der Waals surface area contributed by atoms with E-state index in [-0.39, 0.29) is 28.5 Å². The first-order valence-electron chi connectivity index (χ1n) is 5.26. The van der Waals surface area contributed by atoms with Crippen molar-refractivity contribution in [3.63, 3.8) is 0 Å². The van der Waals surface area contributed by atoms with E-state index in [1.165, 1.54) is 25.4 Å². The number of pyridine rings is 1. The first kappa shape index (κ1) is 12.7. The van der Waals surface area contributed by atoms with Crippen LogP contribution in [0.5, 0.6) is 0 Å². The van der Waals surface area contributed by atoms with E-state index in [1.807, 2.05) is 0 Å². The summed E-state index contributed by atoms with van der Waals surface area (Å²) in [6.45, 7) is 0.856. The molecule has 0 unspecified atom stereocenters. The van der Waals surface area contributed by atoms with Crippen molar-refractivity contribution in [2.45, 2.75) is 13.5 Å². The average molecular weight is 263 g/mol. The molecule has 0 saturated heterocycles. The normalized spacial score (nSPS) is 10.2. The van der Waals surface area contributed by atoms with Gasteiger partial charge in [0.05, 0.1) is 5.56 Å². The largest absolute Gasteiger partial charge is 0.453 e. The number of hydrogen-bond acceptors (Lipinski definition) is 7. The van der Waals surface area contributed by atoms with Crippen LogP contribution in [0.1, 0.15) is 33.5 Å². The zero-order chi connectivity index (χ0) is 13.8. The van der Waals surface area contributed by atoms with Crippen LogP contribution in [-0.4, -0.2) is 21.9 Å². The molecule has 0 amide bonds. The number of nitrogens with zero attached hydrogens (tertiary/aromatic N) is 3. The Morgan fingerprint density at radius 1 is 1.53 bits per heavy atom. The van der Waals surface area contributed by atoms with Crippen LogP contribution in [0.15, 0.2) is 29.2 Å². The van der Waals surface area contributed by atoms with Crippen LogP contribution in [-0.2, 0) is 11.3 Å². The molecule has 0 N–H and O–H groups in total. The Balaban J connectivity index is 2.08. The molecule has 98 valence electrons. The second kappa shape index (κ2) is 5.25. The van der Waals surface area contributed by atoms with Crippen LogP contribution in [0, 0.1) is 5.21 Å². The standard InChI is InChI=1S/C11H9N3O5/c1-7(15)10-9(13-19-14(10)17)6-18-11(16)8-3-2-4-12-5-8/h2-5H,6H2,1H3. The molecule has 0 saturated carbocycles. The monoisotopic (exact) mass is 263 g/mol. The number of rotatable bonds is 4. The molecule has 0 fully saturated rings. The molecule has 2 heterocycles. The van der Waals surface area contributed by atoms with Crippen molar-refractivity contribution in [1.82, 2.24) is 10.1 Å². The number of carbonyl (C=O) groups excluding carboxylic acids is 2. The molecule has 19 heavy (non-hydrogen) atoms. The maximum absolute atomic E-state index is 11.6. The van der Waals surface area contributed by atoms with Crippen LogP contribution in [0.25, 0.3) is 0 Å². The van der Waals surface area contributed by atoms with Gasteiger partial charge in [-0.1, -0.05) is 0 Å². The van der Waals surface area contributed by atoms with Gasteiger partial charge in [0.15, 0.2) is 6.61 Å². The third-order valence-electron chi connectivity index (χ3n) is 2.25. The van der Waals surface area contributed by atoms with Crippen LogP contribution >= 0.6 is 0 Å². The van der Waals surface area contributed by atoms with E-state index >= 15 is 0 Å².